The van der Waals surface area contributed by atoms with Crippen molar-refractivity contribution in [1.82, 2.24) is 15.6 Å². The second-order valence-corrected chi connectivity index (χ2v) is 7.67. The fourth-order valence-electron chi connectivity index (χ4n) is 3.83. The lowest BCUT2D eigenvalue weighted by Gasteiger charge is -2.28. The maximum atomic E-state index is 12.5. The quantitative estimate of drug-likeness (QED) is 0.627. The highest BCUT2D eigenvalue weighted by Gasteiger charge is 2.16. The fourth-order valence-corrected chi connectivity index (χ4v) is 3.83. The molecule has 1 saturated heterocycles. The molecule has 4 rings (SSSR count). The third kappa shape index (κ3) is 4.26. The minimum absolute atomic E-state index is 0.00674. The summed E-state index contributed by atoms with van der Waals surface area (Å²) in [5, 5.41) is 6.97. The van der Waals surface area contributed by atoms with Gasteiger partial charge in [0, 0.05) is 41.9 Å². The lowest BCUT2D eigenvalue weighted by molar-refractivity contribution is -0.121. The van der Waals surface area contributed by atoms with Crippen molar-refractivity contribution < 1.29 is 9.59 Å². The number of amides is 2. The monoisotopic (exact) mass is 390 g/mol. The number of hydrogen-bond acceptors (Lipinski definition) is 3. The number of aromatic nitrogens is 1. The van der Waals surface area contributed by atoms with Gasteiger partial charge in [-0.15, -0.1) is 0 Å². The van der Waals surface area contributed by atoms with Gasteiger partial charge in [0.2, 0.25) is 11.8 Å². The van der Waals surface area contributed by atoms with E-state index in [1.54, 1.807) is 0 Å². The lowest BCUT2D eigenvalue weighted by atomic mass is 10.1. The van der Waals surface area contributed by atoms with Crippen LogP contribution in [0.25, 0.3) is 10.9 Å². The van der Waals surface area contributed by atoms with Crippen LogP contribution in [0.2, 0.25) is 0 Å². The number of fused-ring (bicyclic) bond motifs is 1. The van der Waals surface area contributed by atoms with Crippen LogP contribution in [0.15, 0.2) is 42.5 Å². The number of nitrogens with zero attached hydrogens (tertiary/aromatic N) is 1. The molecule has 1 fully saturated rings. The molecule has 3 aromatic rings. The van der Waals surface area contributed by atoms with Crippen molar-refractivity contribution in [1.29, 1.82) is 0 Å². The summed E-state index contributed by atoms with van der Waals surface area (Å²) in [5.41, 5.74) is 6.41. The zero-order valence-corrected chi connectivity index (χ0v) is 16.8. The van der Waals surface area contributed by atoms with Crippen LogP contribution in [0.1, 0.15) is 22.4 Å². The standard InChI is InChI=1S/C23H26N4O2/c1-15-3-8-21-20(11-15)19(16(2)26-21)12-22(28)25-13-17-4-6-18(7-5-17)27-10-9-24-23(29)14-27/h3-8,11,26H,9-10,12-14H2,1-2H3,(H,24,29)(H,25,28). The molecule has 3 N–H and O–H groups in total. The predicted octanol–water partition coefficient (Wildman–Crippen LogP) is 2.58. The largest absolute Gasteiger partial charge is 0.360 e. The Morgan fingerprint density at radius 2 is 1.93 bits per heavy atom. The number of H-pyrrole nitrogens is 1. The van der Waals surface area contributed by atoms with E-state index in [0.717, 1.165) is 40.0 Å². The maximum Gasteiger partial charge on any atom is 0.239 e. The molecule has 0 radical (unpaired) electrons. The molecule has 2 amide bonds. The first-order valence-corrected chi connectivity index (χ1v) is 9.95. The third-order valence-electron chi connectivity index (χ3n) is 5.44. The number of aromatic amines is 1. The number of nitrogens with one attached hydrogen (secondary N) is 3. The van der Waals surface area contributed by atoms with E-state index in [-0.39, 0.29) is 11.8 Å². The summed E-state index contributed by atoms with van der Waals surface area (Å²) in [6.07, 6.45) is 0.357. The topological polar surface area (TPSA) is 77.2 Å². The van der Waals surface area contributed by atoms with E-state index in [2.05, 4.69) is 45.6 Å². The highest BCUT2D eigenvalue weighted by Crippen LogP contribution is 2.24. The van der Waals surface area contributed by atoms with Crippen LogP contribution >= 0.6 is 0 Å². The summed E-state index contributed by atoms with van der Waals surface area (Å²) in [6.45, 7) is 6.43. The Kier molecular flexibility index (Phi) is 5.25. The minimum Gasteiger partial charge on any atom is -0.360 e. The number of rotatable bonds is 5. The van der Waals surface area contributed by atoms with Gasteiger partial charge >= 0.3 is 0 Å². The Labute approximate surface area is 170 Å². The van der Waals surface area contributed by atoms with Crippen molar-refractivity contribution in [2.24, 2.45) is 0 Å². The maximum absolute atomic E-state index is 12.5. The molecule has 0 atom stereocenters. The Bertz CT molecular complexity index is 1050. The molecule has 0 aliphatic carbocycles. The summed E-state index contributed by atoms with van der Waals surface area (Å²) in [5.74, 6) is 0.0580. The van der Waals surface area contributed by atoms with Gasteiger partial charge in [-0.05, 0) is 49.2 Å². The zero-order valence-electron chi connectivity index (χ0n) is 16.8. The highest BCUT2D eigenvalue weighted by molar-refractivity contribution is 5.90. The molecule has 2 heterocycles. The van der Waals surface area contributed by atoms with Crippen LogP contribution in [0, 0.1) is 13.8 Å². The normalized spacial score (nSPS) is 14.1. The molecule has 0 spiro atoms. The first-order valence-electron chi connectivity index (χ1n) is 9.95. The molecule has 2 aromatic carbocycles. The number of benzene rings is 2. The van der Waals surface area contributed by atoms with Crippen LogP contribution in [-0.2, 0) is 22.6 Å². The minimum atomic E-state index is 0.00674. The van der Waals surface area contributed by atoms with Crippen molar-refractivity contribution in [3.8, 4) is 0 Å². The zero-order chi connectivity index (χ0) is 20.4. The smallest absolute Gasteiger partial charge is 0.239 e. The molecule has 29 heavy (non-hydrogen) atoms. The van der Waals surface area contributed by atoms with E-state index < -0.39 is 0 Å². The Hall–Kier alpha value is -3.28. The number of carbonyl (C=O) groups excluding carboxylic acids is 2. The second-order valence-electron chi connectivity index (χ2n) is 7.67. The molecule has 150 valence electrons. The summed E-state index contributed by atoms with van der Waals surface area (Å²) in [6, 6.07) is 14.3. The average molecular weight is 390 g/mol. The first-order chi connectivity index (χ1) is 14.0. The van der Waals surface area contributed by atoms with Crippen LogP contribution in [0.5, 0.6) is 0 Å². The van der Waals surface area contributed by atoms with Gasteiger partial charge in [-0.1, -0.05) is 23.8 Å². The van der Waals surface area contributed by atoms with E-state index >= 15 is 0 Å². The van der Waals surface area contributed by atoms with E-state index in [1.807, 2.05) is 31.2 Å². The van der Waals surface area contributed by atoms with Crippen molar-refractivity contribution in [2.75, 3.05) is 24.5 Å². The van der Waals surface area contributed by atoms with Gasteiger partial charge in [0.1, 0.15) is 0 Å². The fraction of sp³-hybridized carbons (Fsp3) is 0.304. The highest BCUT2D eigenvalue weighted by atomic mass is 16.2. The van der Waals surface area contributed by atoms with Crippen LogP contribution < -0.4 is 15.5 Å². The Morgan fingerprint density at radius 1 is 1.14 bits per heavy atom. The average Bonchev–Trinajstić information content (AvgIpc) is 3.01. The van der Waals surface area contributed by atoms with Gasteiger partial charge in [-0.3, -0.25) is 9.59 Å². The molecular weight excluding hydrogens is 364 g/mol. The van der Waals surface area contributed by atoms with Crippen molar-refractivity contribution in [3.05, 3.63) is 64.8 Å². The van der Waals surface area contributed by atoms with Crippen LogP contribution in [0.4, 0.5) is 5.69 Å². The number of anilines is 1. The molecule has 6 nitrogen and oxygen atoms in total. The summed E-state index contributed by atoms with van der Waals surface area (Å²) in [7, 11) is 0. The number of piperazine rings is 1. The van der Waals surface area contributed by atoms with Crippen molar-refractivity contribution >= 4 is 28.4 Å². The van der Waals surface area contributed by atoms with Gasteiger partial charge in [0.05, 0.1) is 13.0 Å². The SMILES string of the molecule is Cc1ccc2[nH]c(C)c(CC(=O)NCc3ccc(N4CCNC(=O)C4)cc3)c2c1. The molecule has 1 aliphatic rings. The lowest BCUT2D eigenvalue weighted by Crippen LogP contribution is -2.47. The predicted molar refractivity (Wildman–Crippen MR) is 115 cm³/mol. The molecule has 1 aliphatic heterocycles. The molecule has 1 aromatic heterocycles. The molecule has 0 saturated carbocycles. The number of carbonyl (C=O) groups is 2. The third-order valence-corrected chi connectivity index (χ3v) is 5.44. The number of hydrogen-bond donors (Lipinski definition) is 3. The van der Waals surface area contributed by atoms with Crippen molar-refractivity contribution in [2.45, 2.75) is 26.8 Å². The molecule has 6 heteroatoms. The Balaban J connectivity index is 1.37. The van der Waals surface area contributed by atoms with Gasteiger partial charge in [-0.25, -0.2) is 0 Å². The summed E-state index contributed by atoms with van der Waals surface area (Å²) >= 11 is 0. The summed E-state index contributed by atoms with van der Waals surface area (Å²) in [4.78, 5) is 29.5. The van der Waals surface area contributed by atoms with Gasteiger partial charge in [-0.2, -0.15) is 0 Å². The van der Waals surface area contributed by atoms with Crippen molar-refractivity contribution in [3.63, 3.8) is 0 Å². The van der Waals surface area contributed by atoms with E-state index in [1.165, 1.54) is 5.56 Å². The Morgan fingerprint density at radius 3 is 2.69 bits per heavy atom. The molecular formula is C23H26N4O2. The van der Waals surface area contributed by atoms with Crippen LogP contribution in [0.3, 0.4) is 0 Å². The summed E-state index contributed by atoms with van der Waals surface area (Å²) < 4.78 is 0. The van der Waals surface area contributed by atoms with Gasteiger partial charge in [0.25, 0.3) is 0 Å². The first kappa shape index (κ1) is 19.1. The van der Waals surface area contributed by atoms with Gasteiger partial charge in [0.15, 0.2) is 0 Å². The van der Waals surface area contributed by atoms with Crippen LogP contribution in [-0.4, -0.2) is 36.4 Å². The molecule has 0 bridgehead atoms. The number of aryl methyl sites for hydroxylation is 2. The van der Waals surface area contributed by atoms with Gasteiger partial charge < -0.3 is 20.5 Å². The second kappa shape index (κ2) is 7.99. The van der Waals surface area contributed by atoms with E-state index in [9.17, 15) is 9.59 Å². The van der Waals surface area contributed by atoms with E-state index in [4.69, 9.17) is 0 Å². The van der Waals surface area contributed by atoms with E-state index in [0.29, 0.717) is 26.1 Å². The molecule has 0 unspecified atom stereocenters.